The van der Waals surface area contributed by atoms with E-state index in [1.54, 1.807) is 19.1 Å². The van der Waals surface area contributed by atoms with E-state index >= 15 is 0 Å². The second-order valence-corrected chi connectivity index (χ2v) is 5.04. The Morgan fingerprint density at radius 1 is 1.30 bits per heavy atom. The van der Waals surface area contributed by atoms with E-state index in [1.165, 1.54) is 0 Å². The number of rotatable bonds is 4. The van der Waals surface area contributed by atoms with Crippen LogP contribution in [0.5, 0.6) is 0 Å². The molecule has 0 aliphatic rings. The monoisotopic (exact) mass is 336 g/mol. The maximum absolute atomic E-state index is 11.2. The molecule has 1 heterocycles. The molecule has 2 rings (SSSR count). The smallest absolute Gasteiger partial charge is 0.316 e. The van der Waals surface area contributed by atoms with Gasteiger partial charge in [-0.05, 0) is 26.0 Å². The van der Waals surface area contributed by atoms with E-state index in [2.05, 4.69) is 31.2 Å². The van der Waals surface area contributed by atoms with E-state index < -0.39 is 4.92 Å². The van der Waals surface area contributed by atoms with Crippen LogP contribution in [0.4, 0.5) is 11.6 Å². The van der Waals surface area contributed by atoms with Gasteiger partial charge in [-0.1, -0.05) is 28.1 Å². The van der Waals surface area contributed by atoms with Crippen molar-refractivity contribution in [2.75, 3.05) is 11.9 Å². The maximum atomic E-state index is 11.2. The summed E-state index contributed by atoms with van der Waals surface area (Å²) in [7, 11) is 0. The van der Waals surface area contributed by atoms with Crippen LogP contribution < -0.4 is 5.32 Å². The minimum Gasteiger partial charge on any atom is -0.354 e. The van der Waals surface area contributed by atoms with Crippen molar-refractivity contribution in [2.24, 2.45) is 0 Å². The molecule has 7 heteroatoms. The number of hydrogen-bond acceptors (Lipinski definition) is 5. The van der Waals surface area contributed by atoms with E-state index in [9.17, 15) is 10.1 Å². The highest BCUT2D eigenvalue weighted by Gasteiger charge is 2.23. The van der Waals surface area contributed by atoms with Gasteiger partial charge in [-0.15, -0.1) is 0 Å². The fourth-order valence-corrected chi connectivity index (χ4v) is 2.10. The van der Waals surface area contributed by atoms with Crippen molar-refractivity contribution < 1.29 is 4.92 Å². The molecule has 0 aliphatic heterocycles. The van der Waals surface area contributed by atoms with Gasteiger partial charge in [0.15, 0.2) is 5.69 Å². The van der Waals surface area contributed by atoms with Gasteiger partial charge in [-0.3, -0.25) is 10.1 Å². The standard InChI is InChI=1S/C13H13BrN4O2/c1-3-15-13-16-8(2)12(18(19)20)11(17-13)9-4-6-10(14)7-5-9/h4-7H,3H2,1-2H3,(H,15,16,17). The van der Waals surface area contributed by atoms with E-state index in [4.69, 9.17) is 0 Å². The van der Waals surface area contributed by atoms with Crippen LogP contribution in [0.1, 0.15) is 12.6 Å². The Morgan fingerprint density at radius 3 is 2.50 bits per heavy atom. The third kappa shape index (κ3) is 2.93. The summed E-state index contributed by atoms with van der Waals surface area (Å²) in [6.07, 6.45) is 0. The lowest BCUT2D eigenvalue weighted by Gasteiger charge is -2.08. The zero-order valence-corrected chi connectivity index (χ0v) is 12.6. The van der Waals surface area contributed by atoms with Crippen molar-refractivity contribution in [3.63, 3.8) is 0 Å². The number of anilines is 1. The van der Waals surface area contributed by atoms with Gasteiger partial charge in [-0.25, -0.2) is 9.97 Å². The minimum absolute atomic E-state index is 0.0611. The van der Waals surface area contributed by atoms with Crippen LogP contribution >= 0.6 is 15.9 Å². The maximum Gasteiger partial charge on any atom is 0.316 e. The highest BCUT2D eigenvalue weighted by atomic mass is 79.9. The summed E-state index contributed by atoms with van der Waals surface area (Å²) in [4.78, 5) is 19.2. The molecule has 1 aromatic carbocycles. The van der Waals surface area contributed by atoms with Gasteiger partial charge in [0.25, 0.3) is 0 Å². The summed E-state index contributed by atoms with van der Waals surface area (Å²) in [6, 6.07) is 7.22. The summed E-state index contributed by atoms with van der Waals surface area (Å²) in [5, 5.41) is 14.2. The van der Waals surface area contributed by atoms with Crippen LogP contribution in [0, 0.1) is 17.0 Å². The molecule has 104 valence electrons. The lowest BCUT2D eigenvalue weighted by atomic mass is 10.1. The van der Waals surface area contributed by atoms with Crippen LogP contribution in [-0.2, 0) is 0 Å². The highest BCUT2D eigenvalue weighted by Crippen LogP contribution is 2.31. The lowest BCUT2D eigenvalue weighted by Crippen LogP contribution is -2.07. The molecule has 0 saturated heterocycles. The van der Waals surface area contributed by atoms with Gasteiger partial charge >= 0.3 is 5.69 Å². The van der Waals surface area contributed by atoms with Crippen LogP contribution in [0.2, 0.25) is 0 Å². The molecule has 1 aromatic heterocycles. The summed E-state index contributed by atoms with van der Waals surface area (Å²) < 4.78 is 0.904. The van der Waals surface area contributed by atoms with Crippen molar-refractivity contribution in [1.82, 2.24) is 9.97 Å². The molecular weight excluding hydrogens is 324 g/mol. The molecule has 0 aliphatic carbocycles. The van der Waals surface area contributed by atoms with Gasteiger partial charge in [0, 0.05) is 16.6 Å². The number of nitrogens with zero attached hydrogens (tertiary/aromatic N) is 3. The number of halogens is 1. The van der Waals surface area contributed by atoms with Crippen molar-refractivity contribution in [2.45, 2.75) is 13.8 Å². The van der Waals surface area contributed by atoms with Gasteiger partial charge in [0.05, 0.1) is 4.92 Å². The SMILES string of the molecule is CCNc1nc(C)c([N+](=O)[O-])c(-c2ccc(Br)cc2)n1. The van der Waals surface area contributed by atoms with Crippen LogP contribution in [0.25, 0.3) is 11.3 Å². The normalized spacial score (nSPS) is 10.3. The molecule has 0 saturated carbocycles. The quantitative estimate of drug-likeness (QED) is 0.681. The number of nitro groups is 1. The number of aromatic nitrogens is 2. The molecule has 0 spiro atoms. The third-order valence-corrected chi connectivity index (χ3v) is 3.22. The Morgan fingerprint density at radius 2 is 1.95 bits per heavy atom. The Kier molecular flexibility index (Phi) is 4.29. The minimum atomic E-state index is -0.442. The summed E-state index contributed by atoms with van der Waals surface area (Å²) in [5.74, 6) is 0.397. The Hall–Kier alpha value is -2.02. The summed E-state index contributed by atoms with van der Waals surface area (Å²) in [6.45, 7) is 4.18. The van der Waals surface area contributed by atoms with Crippen molar-refractivity contribution in [3.05, 3.63) is 44.5 Å². The largest absolute Gasteiger partial charge is 0.354 e. The molecule has 20 heavy (non-hydrogen) atoms. The van der Waals surface area contributed by atoms with E-state index in [0.29, 0.717) is 29.4 Å². The Balaban J connectivity index is 2.64. The predicted molar refractivity (Wildman–Crippen MR) is 80.7 cm³/mol. The van der Waals surface area contributed by atoms with E-state index in [-0.39, 0.29) is 5.69 Å². The van der Waals surface area contributed by atoms with Gasteiger partial charge in [-0.2, -0.15) is 0 Å². The Bertz CT molecular complexity index is 644. The second-order valence-electron chi connectivity index (χ2n) is 4.12. The van der Waals surface area contributed by atoms with E-state index in [0.717, 1.165) is 4.47 Å². The third-order valence-electron chi connectivity index (χ3n) is 2.69. The van der Waals surface area contributed by atoms with Crippen LogP contribution in [0.3, 0.4) is 0 Å². The van der Waals surface area contributed by atoms with Crippen LogP contribution in [-0.4, -0.2) is 21.4 Å². The molecule has 0 bridgehead atoms. The summed E-state index contributed by atoms with van der Waals surface area (Å²) in [5.41, 5.74) is 1.29. The molecule has 0 atom stereocenters. The average Bonchev–Trinajstić information content (AvgIpc) is 2.38. The first kappa shape index (κ1) is 14.4. The van der Waals surface area contributed by atoms with Crippen LogP contribution in [0.15, 0.2) is 28.7 Å². The number of hydrogen-bond donors (Lipinski definition) is 1. The molecule has 0 amide bonds. The second kappa shape index (κ2) is 5.96. The first-order valence-corrected chi connectivity index (χ1v) is 6.85. The Labute approximate surface area is 124 Å². The predicted octanol–water partition coefficient (Wildman–Crippen LogP) is 3.55. The summed E-state index contributed by atoms with van der Waals surface area (Å²) >= 11 is 3.34. The molecule has 0 radical (unpaired) electrons. The van der Waals surface area contributed by atoms with E-state index in [1.807, 2.05) is 19.1 Å². The number of benzene rings is 1. The first-order chi connectivity index (χ1) is 9.52. The molecule has 0 fully saturated rings. The number of nitrogens with one attached hydrogen (secondary N) is 1. The molecule has 2 aromatic rings. The first-order valence-electron chi connectivity index (χ1n) is 6.05. The fourth-order valence-electron chi connectivity index (χ4n) is 1.83. The van der Waals surface area contributed by atoms with Gasteiger partial charge < -0.3 is 5.32 Å². The average molecular weight is 337 g/mol. The zero-order valence-electron chi connectivity index (χ0n) is 11.1. The van der Waals surface area contributed by atoms with Crippen molar-refractivity contribution in [1.29, 1.82) is 0 Å². The molecule has 6 nitrogen and oxygen atoms in total. The zero-order chi connectivity index (χ0) is 14.7. The molecule has 0 unspecified atom stereocenters. The molecular formula is C13H13BrN4O2. The lowest BCUT2D eigenvalue weighted by molar-refractivity contribution is -0.385. The topological polar surface area (TPSA) is 81.0 Å². The van der Waals surface area contributed by atoms with Crippen molar-refractivity contribution in [3.8, 4) is 11.3 Å². The van der Waals surface area contributed by atoms with Crippen molar-refractivity contribution >= 4 is 27.6 Å². The molecule has 1 N–H and O–H groups in total. The number of aryl methyl sites for hydroxylation is 1. The van der Waals surface area contributed by atoms with Gasteiger partial charge in [0.1, 0.15) is 5.69 Å². The highest BCUT2D eigenvalue weighted by molar-refractivity contribution is 9.10. The van der Waals surface area contributed by atoms with Gasteiger partial charge in [0.2, 0.25) is 5.95 Å². The fraction of sp³-hybridized carbons (Fsp3) is 0.231.